The smallest absolute Gasteiger partial charge is 0.243 e. The number of hydrogen-bond acceptors (Lipinski definition) is 6. The molecule has 0 saturated carbocycles. The van der Waals surface area contributed by atoms with Crippen LogP contribution in [-0.4, -0.2) is 45.2 Å². The predicted molar refractivity (Wildman–Crippen MR) is 151 cm³/mol. The van der Waals surface area contributed by atoms with Crippen molar-refractivity contribution in [2.24, 2.45) is 5.73 Å². The molecule has 0 saturated heterocycles. The molecule has 0 fully saturated rings. The zero-order chi connectivity index (χ0) is 28.3. The van der Waals surface area contributed by atoms with Gasteiger partial charge in [-0.05, 0) is 47.7 Å². The van der Waals surface area contributed by atoms with Crippen LogP contribution >= 0.6 is 0 Å². The van der Waals surface area contributed by atoms with Gasteiger partial charge in [0.05, 0.1) is 12.9 Å². The number of nitrogens with two attached hydrogens (primary N) is 1. The minimum atomic E-state index is -3.72. The lowest BCUT2D eigenvalue weighted by Gasteiger charge is -2.23. The Kier molecular flexibility index (Phi) is 11.0. The number of amides is 2. The van der Waals surface area contributed by atoms with Gasteiger partial charge in [0.1, 0.15) is 17.8 Å². The number of rotatable bonds is 14. The van der Waals surface area contributed by atoms with Gasteiger partial charge >= 0.3 is 0 Å². The van der Waals surface area contributed by atoms with E-state index in [0.29, 0.717) is 18.9 Å². The lowest BCUT2D eigenvalue weighted by atomic mass is 10.0. The van der Waals surface area contributed by atoms with Crippen LogP contribution in [0, 0.1) is 0 Å². The maximum absolute atomic E-state index is 13.4. The molecule has 2 atom stereocenters. The first-order valence-corrected chi connectivity index (χ1v) is 14.6. The Hall–Kier alpha value is -3.73. The van der Waals surface area contributed by atoms with Gasteiger partial charge in [-0.25, -0.2) is 13.1 Å². The number of hydrogen-bond donors (Lipinski definition) is 4. The van der Waals surface area contributed by atoms with Gasteiger partial charge in [0, 0.05) is 19.5 Å². The predicted octanol–water partition coefficient (Wildman–Crippen LogP) is 2.05. The van der Waals surface area contributed by atoms with Crippen molar-refractivity contribution in [3.8, 4) is 5.75 Å². The Morgan fingerprint density at radius 3 is 1.95 bits per heavy atom. The quantitative estimate of drug-likeness (QED) is 0.241. The third kappa shape index (κ3) is 10.2. The van der Waals surface area contributed by atoms with Gasteiger partial charge in [0.15, 0.2) is 0 Å². The molecule has 0 spiro atoms. The van der Waals surface area contributed by atoms with E-state index in [2.05, 4.69) is 15.4 Å². The molecule has 0 heterocycles. The first kappa shape index (κ1) is 29.8. The molecule has 39 heavy (non-hydrogen) atoms. The van der Waals surface area contributed by atoms with Crippen molar-refractivity contribution >= 4 is 21.8 Å². The monoisotopic (exact) mass is 552 g/mol. The van der Waals surface area contributed by atoms with E-state index in [1.54, 1.807) is 24.3 Å². The zero-order valence-electron chi connectivity index (χ0n) is 22.2. The number of nitrogens with one attached hydrogen (secondary N) is 3. The van der Waals surface area contributed by atoms with Crippen molar-refractivity contribution in [2.45, 2.75) is 44.9 Å². The van der Waals surface area contributed by atoms with E-state index in [-0.39, 0.29) is 25.3 Å². The van der Waals surface area contributed by atoms with E-state index in [1.165, 1.54) is 0 Å². The Labute approximate surface area is 230 Å². The van der Waals surface area contributed by atoms with Gasteiger partial charge in [0.25, 0.3) is 0 Å². The number of benzene rings is 3. The molecule has 3 aromatic carbocycles. The van der Waals surface area contributed by atoms with Crippen LogP contribution in [-0.2, 0) is 45.5 Å². The van der Waals surface area contributed by atoms with E-state index in [9.17, 15) is 18.0 Å². The van der Waals surface area contributed by atoms with Gasteiger partial charge in [0.2, 0.25) is 21.8 Å². The van der Waals surface area contributed by atoms with Crippen molar-refractivity contribution in [1.82, 2.24) is 15.4 Å². The first-order chi connectivity index (χ1) is 18.7. The summed E-state index contributed by atoms with van der Waals surface area (Å²) in [7, 11) is -3.72. The highest BCUT2D eigenvalue weighted by Gasteiger charge is 2.28. The Bertz CT molecular complexity index is 1310. The molecule has 9 nitrogen and oxygen atoms in total. The molecular formula is C29H36N4O5S. The second kappa shape index (κ2) is 14.4. The summed E-state index contributed by atoms with van der Waals surface area (Å²) in [4.78, 5) is 26.6. The minimum absolute atomic E-state index is 0.0957. The highest BCUT2D eigenvalue weighted by molar-refractivity contribution is 7.88. The third-order valence-electron chi connectivity index (χ3n) is 5.99. The summed E-state index contributed by atoms with van der Waals surface area (Å²) in [5, 5.41) is 5.66. The molecule has 0 radical (unpaired) electrons. The maximum Gasteiger partial charge on any atom is 0.243 e. The van der Waals surface area contributed by atoms with Crippen LogP contribution in [0.25, 0.3) is 0 Å². The first-order valence-electron chi connectivity index (χ1n) is 12.8. The van der Waals surface area contributed by atoms with E-state index in [0.717, 1.165) is 28.5 Å². The van der Waals surface area contributed by atoms with E-state index in [4.69, 9.17) is 10.5 Å². The topological polar surface area (TPSA) is 140 Å². The summed E-state index contributed by atoms with van der Waals surface area (Å²) < 4.78 is 32.0. The molecular weight excluding hydrogens is 516 g/mol. The summed E-state index contributed by atoms with van der Waals surface area (Å²) in [6.07, 6.45) is 1.33. The second-order valence-corrected chi connectivity index (χ2v) is 11.0. The van der Waals surface area contributed by atoms with Crippen LogP contribution in [0.4, 0.5) is 0 Å². The van der Waals surface area contributed by atoms with Crippen LogP contribution in [0.2, 0.25) is 0 Å². The molecule has 10 heteroatoms. The number of carbonyl (C=O) groups is 2. The summed E-state index contributed by atoms with van der Waals surface area (Å²) >= 11 is 0. The molecule has 0 aliphatic rings. The van der Waals surface area contributed by atoms with Crippen LogP contribution < -0.4 is 25.8 Å². The molecule has 0 aliphatic carbocycles. The fourth-order valence-corrected chi connectivity index (χ4v) is 4.71. The molecule has 2 unspecified atom stereocenters. The summed E-state index contributed by atoms with van der Waals surface area (Å²) in [6.45, 7) is 3.09. The van der Waals surface area contributed by atoms with Crippen LogP contribution in [0.5, 0.6) is 5.75 Å². The largest absolute Gasteiger partial charge is 0.494 e. The average Bonchev–Trinajstić information content (AvgIpc) is 2.92. The highest BCUT2D eigenvalue weighted by atomic mass is 32.2. The highest BCUT2D eigenvalue weighted by Crippen LogP contribution is 2.14. The third-order valence-corrected chi connectivity index (χ3v) is 6.70. The van der Waals surface area contributed by atoms with Crippen molar-refractivity contribution < 1.29 is 22.7 Å². The fraction of sp³-hybridized carbons (Fsp3) is 0.310. The fourth-order valence-electron chi connectivity index (χ4n) is 4.01. The van der Waals surface area contributed by atoms with E-state index < -0.39 is 28.0 Å². The SMILES string of the molecule is CCOc1ccc(CC(NS(C)(=O)=O)C(=O)NC(Cc2ccccc2)C(=O)NCc2ccc(CN)cc2)cc1. The number of ether oxygens (including phenoxy) is 1. The van der Waals surface area contributed by atoms with Crippen molar-refractivity contribution in [2.75, 3.05) is 12.9 Å². The van der Waals surface area contributed by atoms with Gasteiger partial charge < -0.3 is 21.1 Å². The van der Waals surface area contributed by atoms with Gasteiger partial charge in [-0.1, -0.05) is 66.7 Å². The van der Waals surface area contributed by atoms with E-state index >= 15 is 0 Å². The molecule has 2 amide bonds. The molecule has 3 aromatic rings. The van der Waals surface area contributed by atoms with Gasteiger partial charge in [-0.3, -0.25) is 9.59 Å². The van der Waals surface area contributed by atoms with Gasteiger partial charge in [-0.15, -0.1) is 0 Å². The zero-order valence-corrected chi connectivity index (χ0v) is 23.0. The summed E-state index contributed by atoms with van der Waals surface area (Å²) in [6, 6.07) is 21.9. The molecule has 0 bridgehead atoms. The molecule has 0 aromatic heterocycles. The van der Waals surface area contributed by atoms with Crippen LogP contribution in [0.15, 0.2) is 78.9 Å². The van der Waals surface area contributed by atoms with E-state index in [1.807, 2.05) is 61.5 Å². The molecule has 0 aliphatic heterocycles. The molecule has 208 valence electrons. The standard InChI is InChI=1S/C29H36N4O5S/c1-3-38-25-15-13-22(14-16-25)18-27(33-39(2,36)37)29(35)32-26(17-21-7-5-4-6-8-21)28(34)31-20-24-11-9-23(19-30)10-12-24/h4-16,26-27,33H,3,17-20,30H2,1-2H3,(H,31,34)(H,32,35). The van der Waals surface area contributed by atoms with Crippen LogP contribution in [0.3, 0.4) is 0 Å². The van der Waals surface area contributed by atoms with Gasteiger partial charge in [-0.2, -0.15) is 0 Å². The second-order valence-electron chi connectivity index (χ2n) is 9.21. The Morgan fingerprint density at radius 1 is 0.795 bits per heavy atom. The molecule has 3 rings (SSSR count). The number of carbonyl (C=O) groups excluding carboxylic acids is 2. The normalized spacial score (nSPS) is 12.8. The Balaban J connectivity index is 1.76. The molecule has 5 N–H and O–H groups in total. The van der Waals surface area contributed by atoms with Crippen molar-refractivity contribution in [3.63, 3.8) is 0 Å². The summed E-state index contributed by atoms with van der Waals surface area (Å²) in [5.74, 6) is -0.303. The van der Waals surface area contributed by atoms with Crippen molar-refractivity contribution in [3.05, 3.63) is 101 Å². The van der Waals surface area contributed by atoms with Crippen molar-refractivity contribution in [1.29, 1.82) is 0 Å². The average molecular weight is 553 g/mol. The lowest BCUT2D eigenvalue weighted by Crippen LogP contribution is -2.54. The Morgan fingerprint density at radius 2 is 1.36 bits per heavy atom. The lowest BCUT2D eigenvalue weighted by molar-refractivity contribution is -0.129. The minimum Gasteiger partial charge on any atom is -0.494 e. The summed E-state index contributed by atoms with van der Waals surface area (Å²) in [5.41, 5.74) is 9.11. The maximum atomic E-state index is 13.4. The number of sulfonamides is 1. The van der Waals surface area contributed by atoms with Crippen LogP contribution in [0.1, 0.15) is 29.2 Å².